The Labute approximate surface area is 147 Å². The van der Waals surface area contributed by atoms with Gasteiger partial charge in [-0.2, -0.15) is 0 Å². The Balaban J connectivity index is 3.03. The van der Waals surface area contributed by atoms with Crippen LogP contribution in [0.25, 0.3) is 0 Å². The van der Waals surface area contributed by atoms with Gasteiger partial charge >= 0.3 is 18.0 Å². The summed E-state index contributed by atoms with van der Waals surface area (Å²) in [6, 6.07) is -0.611. The highest BCUT2D eigenvalue weighted by Gasteiger charge is 2.40. The SMILES string of the molecule is CCOC(=O)C(OCC)N1C=CCN(C(OCC)C(=O)OCC)C1=O. The zero-order chi connectivity index (χ0) is 18.8. The van der Waals surface area contributed by atoms with E-state index in [2.05, 4.69) is 0 Å². The van der Waals surface area contributed by atoms with Crippen LogP contribution < -0.4 is 0 Å². The van der Waals surface area contributed by atoms with Crippen molar-refractivity contribution >= 4 is 18.0 Å². The van der Waals surface area contributed by atoms with Crippen LogP contribution in [0.5, 0.6) is 0 Å². The fourth-order valence-electron chi connectivity index (χ4n) is 2.23. The average Bonchev–Trinajstić information content (AvgIpc) is 2.59. The molecule has 0 N–H and O–H groups in total. The number of rotatable bonds is 10. The van der Waals surface area contributed by atoms with E-state index in [1.807, 2.05) is 0 Å². The number of amides is 2. The standard InChI is InChI=1S/C16H26N2O7/c1-5-22-12(14(19)24-7-3)17-10-9-11-18(16(17)21)13(23-6-2)15(20)25-8-4/h9-10,12-13H,5-8,11H2,1-4H3. The summed E-state index contributed by atoms with van der Waals surface area (Å²) in [6.45, 7) is 7.60. The van der Waals surface area contributed by atoms with Crippen LogP contribution in [-0.2, 0) is 28.5 Å². The lowest BCUT2D eigenvalue weighted by molar-refractivity contribution is -0.171. The molecule has 0 spiro atoms. The van der Waals surface area contributed by atoms with Gasteiger partial charge in [0.2, 0.25) is 12.5 Å². The fourth-order valence-corrected chi connectivity index (χ4v) is 2.23. The third-order valence-electron chi connectivity index (χ3n) is 3.20. The molecule has 0 saturated carbocycles. The molecule has 2 unspecified atom stereocenters. The van der Waals surface area contributed by atoms with Crippen LogP contribution in [0.15, 0.2) is 12.3 Å². The number of urea groups is 1. The highest BCUT2D eigenvalue weighted by atomic mass is 16.6. The summed E-state index contributed by atoms with van der Waals surface area (Å²) in [6.07, 6.45) is 0.623. The number of esters is 2. The Morgan fingerprint density at radius 2 is 1.48 bits per heavy atom. The molecule has 1 aliphatic heterocycles. The van der Waals surface area contributed by atoms with Crippen molar-refractivity contribution in [2.75, 3.05) is 33.0 Å². The van der Waals surface area contributed by atoms with Crippen LogP contribution in [0.4, 0.5) is 4.79 Å². The minimum absolute atomic E-state index is 0.139. The van der Waals surface area contributed by atoms with Crippen molar-refractivity contribution in [1.29, 1.82) is 0 Å². The topological polar surface area (TPSA) is 94.6 Å². The maximum Gasteiger partial charge on any atom is 0.357 e. The van der Waals surface area contributed by atoms with Gasteiger partial charge in [-0.25, -0.2) is 14.4 Å². The Morgan fingerprint density at radius 3 is 2.00 bits per heavy atom. The molecule has 0 aliphatic carbocycles. The van der Waals surface area contributed by atoms with E-state index in [0.29, 0.717) is 0 Å². The number of ether oxygens (including phenoxy) is 4. The largest absolute Gasteiger partial charge is 0.463 e. The van der Waals surface area contributed by atoms with Crippen LogP contribution in [-0.4, -0.2) is 73.2 Å². The Bertz CT molecular complexity index is 495. The summed E-state index contributed by atoms with van der Waals surface area (Å²) in [5.41, 5.74) is 0. The van der Waals surface area contributed by atoms with Gasteiger partial charge in [0.15, 0.2) is 0 Å². The molecule has 2 amide bonds. The molecule has 1 aliphatic rings. The van der Waals surface area contributed by atoms with E-state index < -0.39 is 30.4 Å². The highest BCUT2D eigenvalue weighted by molar-refractivity contribution is 5.87. The zero-order valence-corrected chi connectivity index (χ0v) is 15.1. The van der Waals surface area contributed by atoms with Crippen LogP contribution in [0.1, 0.15) is 27.7 Å². The lowest BCUT2D eigenvalue weighted by Gasteiger charge is -2.37. The summed E-state index contributed by atoms with van der Waals surface area (Å²) in [5, 5.41) is 0. The quantitative estimate of drug-likeness (QED) is 0.540. The van der Waals surface area contributed by atoms with Gasteiger partial charge in [0.1, 0.15) is 0 Å². The van der Waals surface area contributed by atoms with Crippen LogP contribution in [0.3, 0.4) is 0 Å². The normalized spacial score (nSPS) is 16.6. The number of carbonyl (C=O) groups is 3. The summed E-state index contributed by atoms with van der Waals surface area (Å²) >= 11 is 0. The van der Waals surface area contributed by atoms with Gasteiger partial charge in [-0.05, 0) is 33.8 Å². The molecule has 142 valence electrons. The van der Waals surface area contributed by atoms with Crippen molar-refractivity contribution in [2.45, 2.75) is 40.2 Å². The van der Waals surface area contributed by atoms with Crippen molar-refractivity contribution < 1.29 is 33.3 Å². The van der Waals surface area contributed by atoms with Crippen LogP contribution in [0, 0.1) is 0 Å². The third-order valence-corrected chi connectivity index (χ3v) is 3.20. The van der Waals surface area contributed by atoms with Gasteiger partial charge in [0.25, 0.3) is 0 Å². The van der Waals surface area contributed by atoms with Gasteiger partial charge in [-0.3, -0.25) is 9.80 Å². The molecule has 0 saturated heterocycles. The molecular formula is C16H26N2O7. The first kappa shape index (κ1) is 20.9. The maximum absolute atomic E-state index is 12.8. The third kappa shape index (κ3) is 5.43. The summed E-state index contributed by atoms with van der Waals surface area (Å²) in [4.78, 5) is 39.3. The first-order valence-electron chi connectivity index (χ1n) is 8.33. The molecule has 1 heterocycles. The number of hydrogen-bond acceptors (Lipinski definition) is 7. The summed E-state index contributed by atoms with van der Waals surface area (Å²) < 4.78 is 20.7. The second-order valence-electron chi connectivity index (χ2n) is 4.85. The van der Waals surface area contributed by atoms with E-state index >= 15 is 0 Å². The van der Waals surface area contributed by atoms with Gasteiger partial charge in [0, 0.05) is 26.0 Å². The summed E-state index contributed by atoms with van der Waals surface area (Å²) in [5.74, 6) is -1.36. The highest BCUT2D eigenvalue weighted by Crippen LogP contribution is 2.18. The molecular weight excluding hydrogens is 332 g/mol. The predicted molar refractivity (Wildman–Crippen MR) is 87.2 cm³/mol. The predicted octanol–water partition coefficient (Wildman–Crippen LogP) is 1.09. The average molecular weight is 358 g/mol. The van der Waals surface area contributed by atoms with Gasteiger partial charge < -0.3 is 18.9 Å². The Hall–Kier alpha value is -2.13. The molecule has 9 heteroatoms. The molecule has 1 rings (SSSR count). The van der Waals surface area contributed by atoms with Crippen molar-refractivity contribution in [2.24, 2.45) is 0 Å². The van der Waals surface area contributed by atoms with E-state index in [1.54, 1.807) is 33.8 Å². The van der Waals surface area contributed by atoms with E-state index in [4.69, 9.17) is 18.9 Å². The smallest absolute Gasteiger partial charge is 0.357 e. The minimum Gasteiger partial charge on any atom is -0.463 e. The first-order valence-corrected chi connectivity index (χ1v) is 8.33. The fraction of sp³-hybridized carbons (Fsp3) is 0.688. The van der Waals surface area contributed by atoms with Crippen molar-refractivity contribution in [1.82, 2.24) is 9.80 Å². The second-order valence-corrected chi connectivity index (χ2v) is 4.85. The van der Waals surface area contributed by atoms with Crippen LogP contribution >= 0.6 is 0 Å². The molecule has 0 radical (unpaired) electrons. The van der Waals surface area contributed by atoms with Crippen molar-refractivity contribution in [3.8, 4) is 0 Å². The Morgan fingerprint density at radius 1 is 0.960 bits per heavy atom. The number of carbonyl (C=O) groups excluding carboxylic acids is 3. The molecule has 0 fully saturated rings. The van der Waals surface area contributed by atoms with Gasteiger partial charge in [0.05, 0.1) is 13.2 Å². The molecule has 0 aromatic heterocycles. The molecule has 2 atom stereocenters. The molecule has 0 bridgehead atoms. The minimum atomic E-state index is -1.24. The first-order chi connectivity index (χ1) is 12.0. The Kier molecular flexibility index (Phi) is 8.93. The maximum atomic E-state index is 12.8. The van der Waals surface area contributed by atoms with E-state index in [-0.39, 0.29) is 33.0 Å². The van der Waals surface area contributed by atoms with Gasteiger partial charge in [-0.15, -0.1) is 0 Å². The summed E-state index contributed by atoms with van der Waals surface area (Å²) in [7, 11) is 0. The van der Waals surface area contributed by atoms with E-state index in [1.165, 1.54) is 11.1 Å². The monoisotopic (exact) mass is 358 g/mol. The number of nitrogens with zero attached hydrogens (tertiary/aromatic N) is 2. The van der Waals surface area contributed by atoms with Crippen LogP contribution in [0.2, 0.25) is 0 Å². The molecule has 25 heavy (non-hydrogen) atoms. The zero-order valence-electron chi connectivity index (χ0n) is 15.1. The molecule has 0 aromatic rings. The molecule has 9 nitrogen and oxygen atoms in total. The number of hydrogen-bond donors (Lipinski definition) is 0. The van der Waals surface area contributed by atoms with E-state index in [0.717, 1.165) is 4.90 Å². The molecule has 0 aromatic carbocycles. The van der Waals surface area contributed by atoms with Gasteiger partial charge in [-0.1, -0.05) is 0 Å². The lowest BCUT2D eigenvalue weighted by atomic mass is 10.3. The van der Waals surface area contributed by atoms with Crippen molar-refractivity contribution in [3.05, 3.63) is 12.3 Å². The van der Waals surface area contributed by atoms with E-state index in [9.17, 15) is 14.4 Å². The lowest BCUT2D eigenvalue weighted by Crippen LogP contribution is -2.57. The second kappa shape index (κ2) is 10.7. The van der Waals surface area contributed by atoms with Crippen molar-refractivity contribution in [3.63, 3.8) is 0 Å².